The zero-order valence-electron chi connectivity index (χ0n) is 12.6. The van der Waals surface area contributed by atoms with Crippen LogP contribution in [0.4, 0.5) is 0 Å². The average Bonchev–Trinajstić information content (AvgIpc) is 2.49. The number of hydrogen-bond donors (Lipinski definition) is 0. The van der Waals surface area contributed by atoms with E-state index in [1.165, 1.54) is 13.8 Å². The van der Waals surface area contributed by atoms with Gasteiger partial charge < -0.3 is 9.47 Å². The van der Waals surface area contributed by atoms with Crippen LogP contribution >= 0.6 is 15.9 Å². The molecule has 0 heterocycles. The second kappa shape index (κ2) is 6.01. The van der Waals surface area contributed by atoms with Gasteiger partial charge in [0.25, 0.3) is 0 Å². The fourth-order valence-corrected chi connectivity index (χ4v) is 2.94. The number of benzene rings is 3. The van der Waals surface area contributed by atoms with Gasteiger partial charge in [0.15, 0.2) is 0 Å². The molecule has 0 spiro atoms. The smallest absolute Gasteiger partial charge is 0.308 e. The Morgan fingerprint density at radius 1 is 0.783 bits per heavy atom. The van der Waals surface area contributed by atoms with Crippen LogP contribution in [0.15, 0.2) is 46.9 Å². The van der Waals surface area contributed by atoms with Gasteiger partial charge in [0, 0.05) is 39.9 Å². The molecule has 0 saturated heterocycles. The van der Waals surface area contributed by atoms with Gasteiger partial charge in [-0.2, -0.15) is 0 Å². The first-order valence-corrected chi connectivity index (χ1v) is 7.77. The summed E-state index contributed by atoms with van der Waals surface area (Å²) >= 11 is 3.42. The van der Waals surface area contributed by atoms with E-state index in [4.69, 9.17) is 9.47 Å². The van der Waals surface area contributed by atoms with E-state index in [2.05, 4.69) is 15.9 Å². The Kier molecular flexibility index (Phi) is 4.05. The number of fused-ring (bicyclic) bond motifs is 2. The van der Waals surface area contributed by atoms with Crippen LogP contribution in [0.1, 0.15) is 13.8 Å². The van der Waals surface area contributed by atoms with Gasteiger partial charge in [-0.05, 0) is 18.2 Å². The van der Waals surface area contributed by atoms with Crippen molar-refractivity contribution in [2.75, 3.05) is 0 Å². The van der Waals surface area contributed by atoms with E-state index in [1.807, 2.05) is 42.5 Å². The van der Waals surface area contributed by atoms with Crippen molar-refractivity contribution in [3.8, 4) is 11.5 Å². The number of carbonyl (C=O) groups excluding carboxylic acids is 2. The van der Waals surface area contributed by atoms with Gasteiger partial charge in [-0.3, -0.25) is 9.59 Å². The first-order valence-electron chi connectivity index (χ1n) is 6.98. The number of ether oxygens (including phenoxy) is 2. The van der Waals surface area contributed by atoms with Crippen molar-refractivity contribution < 1.29 is 19.1 Å². The Morgan fingerprint density at radius 3 is 1.78 bits per heavy atom. The molecule has 3 rings (SSSR count). The molecular weight excluding hydrogens is 360 g/mol. The highest BCUT2D eigenvalue weighted by atomic mass is 79.9. The van der Waals surface area contributed by atoms with E-state index in [1.54, 1.807) is 0 Å². The van der Waals surface area contributed by atoms with Crippen LogP contribution in [0.2, 0.25) is 0 Å². The van der Waals surface area contributed by atoms with Crippen molar-refractivity contribution in [3.63, 3.8) is 0 Å². The van der Waals surface area contributed by atoms with Crippen molar-refractivity contribution in [1.82, 2.24) is 0 Å². The molecule has 0 unspecified atom stereocenters. The molecule has 0 aliphatic carbocycles. The minimum atomic E-state index is -0.406. The lowest BCUT2D eigenvalue weighted by Gasteiger charge is -2.15. The zero-order valence-corrected chi connectivity index (χ0v) is 14.1. The fourth-order valence-electron chi connectivity index (χ4n) is 2.58. The highest BCUT2D eigenvalue weighted by Gasteiger charge is 2.18. The molecule has 0 N–H and O–H groups in total. The Morgan fingerprint density at radius 2 is 1.26 bits per heavy atom. The molecule has 0 radical (unpaired) electrons. The molecule has 0 atom stereocenters. The van der Waals surface area contributed by atoms with E-state index in [0.29, 0.717) is 33.0 Å². The maximum atomic E-state index is 11.5. The van der Waals surface area contributed by atoms with Crippen LogP contribution in [0.3, 0.4) is 0 Å². The number of rotatable bonds is 2. The highest BCUT2D eigenvalue weighted by Crippen LogP contribution is 2.43. The summed E-state index contributed by atoms with van der Waals surface area (Å²) in [6.07, 6.45) is 0. The first-order chi connectivity index (χ1) is 11.0. The van der Waals surface area contributed by atoms with Gasteiger partial charge in [0.1, 0.15) is 11.5 Å². The predicted molar refractivity (Wildman–Crippen MR) is 91.8 cm³/mol. The summed E-state index contributed by atoms with van der Waals surface area (Å²) in [5.41, 5.74) is 0. The molecule has 0 saturated carbocycles. The van der Waals surface area contributed by atoms with Gasteiger partial charge in [0.05, 0.1) is 0 Å². The van der Waals surface area contributed by atoms with Crippen molar-refractivity contribution in [2.24, 2.45) is 0 Å². The van der Waals surface area contributed by atoms with E-state index in [0.717, 1.165) is 4.47 Å². The van der Waals surface area contributed by atoms with Crippen molar-refractivity contribution in [1.29, 1.82) is 0 Å². The predicted octanol–water partition coefficient (Wildman–Crippen LogP) is 4.61. The van der Waals surface area contributed by atoms with Crippen molar-refractivity contribution in [2.45, 2.75) is 13.8 Å². The fraction of sp³-hybridized carbons (Fsp3) is 0.111. The van der Waals surface area contributed by atoms with Gasteiger partial charge >= 0.3 is 11.9 Å². The summed E-state index contributed by atoms with van der Waals surface area (Å²) in [4.78, 5) is 23.0. The van der Waals surface area contributed by atoms with Crippen LogP contribution in [-0.4, -0.2) is 11.9 Å². The van der Waals surface area contributed by atoms with E-state index >= 15 is 0 Å². The Bertz CT molecular complexity index is 947. The molecular formula is C18H13BrO4. The lowest BCUT2D eigenvalue weighted by atomic mass is 10.0. The molecule has 0 amide bonds. The van der Waals surface area contributed by atoms with Crippen LogP contribution in [0, 0.1) is 0 Å². The third-order valence-corrected chi connectivity index (χ3v) is 3.87. The minimum absolute atomic E-state index is 0.403. The summed E-state index contributed by atoms with van der Waals surface area (Å²) < 4.78 is 11.7. The topological polar surface area (TPSA) is 52.6 Å². The lowest BCUT2D eigenvalue weighted by Crippen LogP contribution is -2.06. The SMILES string of the molecule is CC(=O)Oc1c2ccccc2c(OC(C)=O)c2cc(Br)ccc12. The van der Waals surface area contributed by atoms with Crippen molar-refractivity contribution in [3.05, 3.63) is 46.9 Å². The molecule has 5 heteroatoms. The third-order valence-electron chi connectivity index (χ3n) is 3.38. The van der Waals surface area contributed by atoms with Gasteiger partial charge in [-0.25, -0.2) is 0 Å². The van der Waals surface area contributed by atoms with E-state index in [9.17, 15) is 9.59 Å². The summed E-state index contributed by atoms with van der Waals surface area (Å²) in [6.45, 7) is 2.72. The Labute approximate surface area is 141 Å². The molecule has 0 fully saturated rings. The monoisotopic (exact) mass is 372 g/mol. The summed E-state index contributed by atoms with van der Waals surface area (Å²) in [6, 6.07) is 12.9. The first kappa shape index (κ1) is 15.5. The average molecular weight is 373 g/mol. The summed E-state index contributed by atoms with van der Waals surface area (Å²) in [7, 11) is 0. The van der Waals surface area contributed by atoms with Gasteiger partial charge in [-0.15, -0.1) is 0 Å². The number of esters is 2. The maximum Gasteiger partial charge on any atom is 0.308 e. The molecule has 0 aromatic heterocycles. The molecule has 0 aliphatic rings. The number of carbonyl (C=O) groups is 2. The summed E-state index contributed by atoms with van der Waals surface area (Å²) in [5.74, 6) is 0.114. The highest BCUT2D eigenvalue weighted by molar-refractivity contribution is 9.10. The zero-order chi connectivity index (χ0) is 16.6. The second-order valence-corrected chi connectivity index (χ2v) is 6.00. The molecule has 0 bridgehead atoms. The van der Waals surface area contributed by atoms with Crippen molar-refractivity contribution >= 4 is 49.4 Å². The third kappa shape index (κ3) is 2.92. The largest absolute Gasteiger partial charge is 0.425 e. The van der Waals surface area contributed by atoms with Gasteiger partial charge in [0.2, 0.25) is 0 Å². The Balaban J connectivity index is 2.50. The molecule has 3 aromatic rings. The lowest BCUT2D eigenvalue weighted by molar-refractivity contribution is -0.132. The molecule has 116 valence electrons. The van der Waals surface area contributed by atoms with Crippen LogP contribution in [-0.2, 0) is 9.59 Å². The summed E-state index contributed by atoms with van der Waals surface area (Å²) in [5, 5.41) is 2.83. The second-order valence-electron chi connectivity index (χ2n) is 5.08. The quantitative estimate of drug-likeness (QED) is 0.374. The Hall–Kier alpha value is -2.40. The normalized spacial score (nSPS) is 10.7. The standard InChI is InChI=1S/C18H13BrO4/c1-10(20)22-17-13-5-3-4-6-14(13)18(23-11(2)21)16-9-12(19)7-8-15(16)17/h3-9H,1-2H3. The molecule has 23 heavy (non-hydrogen) atoms. The molecule has 0 aliphatic heterocycles. The molecule has 3 aromatic carbocycles. The number of halogens is 1. The maximum absolute atomic E-state index is 11.5. The van der Waals surface area contributed by atoms with E-state index < -0.39 is 11.9 Å². The van der Waals surface area contributed by atoms with Crippen LogP contribution in [0.25, 0.3) is 21.5 Å². The van der Waals surface area contributed by atoms with Crippen LogP contribution in [0.5, 0.6) is 11.5 Å². The number of hydrogen-bond acceptors (Lipinski definition) is 4. The van der Waals surface area contributed by atoms with Gasteiger partial charge in [-0.1, -0.05) is 40.2 Å². The minimum Gasteiger partial charge on any atom is -0.425 e. The van der Waals surface area contributed by atoms with E-state index in [-0.39, 0.29) is 0 Å². The molecule has 4 nitrogen and oxygen atoms in total. The van der Waals surface area contributed by atoms with Crippen LogP contribution < -0.4 is 9.47 Å².